The van der Waals surface area contributed by atoms with Crippen molar-refractivity contribution in [1.82, 2.24) is 0 Å². The summed E-state index contributed by atoms with van der Waals surface area (Å²) in [6.07, 6.45) is 12.0. The van der Waals surface area contributed by atoms with Gasteiger partial charge in [-0.2, -0.15) is 0 Å². The third kappa shape index (κ3) is 3.04. The van der Waals surface area contributed by atoms with Gasteiger partial charge in [0.1, 0.15) is 0 Å². The van der Waals surface area contributed by atoms with Gasteiger partial charge < -0.3 is 0 Å². The van der Waals surface area contributed by atoms with Gasteiger partial charge in [-0.1, -0.05) is 47.5 Å². The molecule has 0 spiro atoms. The second kappa shape index (κ2) is 6.46. The summed E-state index contributed by atoms with van der Waals surface area (Å²) < 4.78 is 0. The normalized spacial score (nSPS) is 36.3. The van der Waals surface area contributed by atoms with E-state index in [-0.39, 0.29) is 0 Å². The highest BCUT2D eigenvalue weighted by atomic mass is 31.1. The minimum atomic E-state index is 0.332. The Balaban J connectivity index is 1.98. The lowest BCUT2D eigenvalue weighted by Crippen LogP contribution is -2.56. The summed E-state index contributed by atoms with van der Waals surface area (Å²) in [7, 11) is 0.332. The Morgan fingerprint density at radius 1 is 1.00 bits per heavy atom. The van der Waals surface area contributed by atoms with E-state index in [1.54, 1.807) is 25.2 Å². The Kier molecular flexibility index (Phi) is 5.38. The quantitative estimate of drug-likeness (QED) is 0.492. The summed E-state index contributed by atoms with van der Waals surface area (Å²) in [5.41, 5.74) is 1.79. The first kappa shape index (κ1) is 15.8. The van der Waals surface area contributed by atoms with Gasteiger partial charge in [-0.25, -0.2) is 0 Å². The van der Waals surface area contributed by atoms with Crippen molar-refractivity contribution in [3.8, 4) is 0 Å². The summed E-state index contributed by atoms with van der Waals surface area (Å²) >= 11 is 0. The second-order valence-electron chi connectivity index (χ2n) is 7.77. The van der Waals surface area contributed by atoms with Crippen molar-refractivity contribution in [2.75, 3.05) is 12.3 Å². The molecule has 19 heavy (non-hydrogen) atoms. The van der Waals surface area contributed by atoms with Crippen LogP contribution >= 0.6 is 7.92 Å². The molecule has 2 bridgehead atoms. The van der Waals surface area contributed by atoms with E-state index in [2.05, 4.69) is 34.6 Å². The fraction of sp³-hybridized carbons (Fsp3) is 1.00. The predicted molar refractivity (Wildman–Crippen MR) is 89.4 cm³/mol. The molecule has 3 aliphatic carbocycles. The summed E-state index contributed by atoms with van der Waals surface area (Å²) in [4.78, 5) is 0. The SMILES string of the molecule is CCCCP(CCCC)C1CC2CC(C1C)C2(C)C. The topological polar surface area (TPSA) is 0 Å². The number of hydrogen-bond acceptors (Lipinski definition) is 0. The van der Waals surface area contributed by atoms with Crippen molar-refractivity contribution < 1.29 is 0 Å². The van der Waals surface area contributed by atoms with Gasteiger partial charge >= 0.3 is 0 Å². The van der Waals surface area contributed by atoms with Crippen LogP contribution in [0.25, 0.3) is 0 Å². The molecular weight excluding hydrogens is 247 g/mol. The van der Waals surface area contributed by atoms with Crippen molar-refractivity contribution in [2.24, 2.45) is 23.2 Å². The molecule has 4 unspecified atom stereocenters. The molecule has 0 radical (unpaired) electrons. The Labute approximate surface area is 122 Å². The number of fused-ring (bicyclic) bond motifs is 2. The minimum absolute atomic E-state index is 0.332. The molecule has 3 rings (SSSR count). The highest BCUT2D eigenvalue weighted by molar-refractivity contribution is 7.58. The van der Waals surface area contributed by atoms with Gasteiger partial charge in [0, 0.05) is 0 Å². The van der Waals surface area contributed by atoms with E-state index in [1.807, 2.05) is 0 Å². The van der Waals surface area contributed by atoms with Crippen LogP contribution < -0.4 is 0 Å². The van der Waals surface area contributed by atoms with Gasteiger partial charge in [-0.15, -0.1) is 7.92 Å². The molecule has 0 aromatic rings. The summed E-state index contributed by atoms with van der Waals surface area (Å²) in [5, 5.41) is 0. The first-order valence-corrected chi connectivity index (χ1v) is 10.5. The van der Waals surface area contributed by atoms with Gasteiger partial charge in [0.15, 0.2) is 0 Å². The molecule has 0 aromatic heterocycles. The lowest BCUT2D eigenvalue weighted by Gasteiger charge is -2.63. The van der Waals surface area contributed by atoms with Crippen LogP contribution in [-0.2, 0) is 0 Å². The zero-order valence-electron chi connectivity index (χ0n) is 13.9. The molecule has 3 saturated carbocycles. The smallest absolute Gasteiger partial charge is 0.0178 e. The van der Waals surface area contributed by atoms with Gasteiger partial charge in [-0.05, 0) is 66.8 Å². The fourth-order valence-electron chi connectivity index (χ4n) is 4.77. The van der Waals surface area contributed by atoms with Crippen molar-refractivity contribution in [2.45, 2.75) is 78.8 Å². The Bertz CT molecular complexity index is 275. The van der Waals surface area contributed by atoms with E-state index in [0.717, 1.165) is 23.4 Å². The molecule has 0 heterocycles. The highest BCUT2D eigenvalue weighted by Crippen LogP contribution is 2.67. The van der Waals surface area contributed by atoms with Crippen molar-refractivity contribution in [3.63, 3.8) is 0 Å². The van der Waals surface area contributed by atoms with E-state index < -0.39 is 0 Å². The van der Waals surface area contributed by atoms with Crippen molar-refractivity contribution in [1.29, 1.82) is 0 Å². The lowest BCUT2D eigenvalue weighted by molar-refractivity contribution is -0.0960. The molecule has 0 aliphatic heterocycles. The van der Waals surface area contributed by atoms with Crippen LogP contribution in [0.4, 0.5) is 0 Å². The van der Waals surface area contributed by atoms with E-state index in [4.69, 9.17) is 0 Å². The van der Waals surface area contributed by atoms with Crippen molar-refractivity contribution in [3.05, 3.63) is 0 Å². The van der Waals surface area contributed by atoms with Gasteiger partial charge in [-0.3, -0.25) is 0 Å². The summed E-state index contributed by atoms with van der Waals surface area (Å²) in [6.45, 7) is 12.4. The predicted octanol–water partition coefficient (Wildman–Crippen LogP) is 6.14. The first-order chi connectivity index (χ1) is 9.02. The Hall–Kier alpha value is 0.430. The van der Waals surface area contributed by atoms with Gasteiger partial charge in [0.25, 0.3) is 0 Å². The van der Waals surface area contributed by atoms with Gasteiger partial charge in [0.05, 0.1) is 0 Å². The van der Waals surface area contributed by atoms with E-state index in [9.17, 15) is 0 Å². The lowest BCUT2D eigenvalue weighted by atomic mass is 9.46. The van der Waals surface area contributed by atoms with E-state index in [1.165, 1.54) is 25.7 Å². The monoisotopic (exact) mass is 282 g/mol. The summed E-state index contributed by atoms with van der Waals surface area (Å²) in [5.74, 6) is 3.12. The highest BCUT2D eigenvalue weighted by Gasteiger charge is 2.56. The fourth-order valence-corrected chi connectivity index (χ4v) is 8.53. The van der Waals surface area contributed by atoms with E-state index in [0.29, 0.717) is 13.3 Å². The molecule has 3 fully saturated rings. The molecule has 0 aromatic carbocycles. The Morgan fingerprint density at radius 3 is 2.00 bits per heavy atom. The molecule has 1 heteroatoms. The largest absolute Gasteiger partial charge is 0.103 e. The molecule has 0 saturated heterocycles. The second-order valence-corrected chi connectivity index (χ2v) is 10.5. The third-order valence-corrected chi connectivity index (χ3v) is 9.78. The van der Waals surface area contributed by atoms with Crippen LogP contribution in [0.15, 0.2) is 0 Å². The maximum Gasteiger partial charge on any atom is -0.0178 e. The zero-order valence-corrected chi connectivity index (χ0v) is 14.8. The van der Waals surface area contributed by atoms with Crippen LogP contribution in [-0.4, -0.2) is 18.0 Å². The van der Waals surface area contributed by atoms with Crippen LogP contribution in [0.1, 0.15) is 73.1 Å². The molecule has 0 N–H and O–H groups in total. The minimum Gasteiger partial charge on any atom is -0.103 e. The van der Waals surface area contributed by atoms with Crippen molar-refractivity contribution >= 4 is 7.92 Å². The van der Waals surface area contributed by atoms with Gasteiger partial charge in [0.2, 0.25) is 0 Å². The zero-order chi connectivity index (χ0) is 14.0. The van der Waals surface area contributed by atoms with Crippen LogP contribution in [0.2, 0.25) is 0 Å². The molecule has 4 atom stereocenters. The maximum absolute atomic E-state index is 2.60. The standard InChI is InChI=1S/C18H35P/c1-6-8-10-19(11-9-7-2)17-13-15-12-16(14(17)3)18(15,4)5/h14-17H,6-13H2,1-5H3. The molecule has 3 aliphatic rings. The molecular formula is C18H35P. The third-order valence-electron chi connectivity index (χ3n) is 6.38. The average Bonchev–Trinajstić information content (AvgIpc) is 2.39. The average molecular weight is 282 g/mol. The summed E-state index contributed by atoms with van der Waals surface area (Å²) in [6, 6.07) is 0. The Morgan fingerprint density at radius 2 is 1.58 bits per heavy atom. The molecule has 0 nitrogen and oxygen atoms in total. The number of hydrogen-bond donors (Lipinski definition) is 0. The van der Waals surface area contributed by atoms with Crippen LogP contribution in [0.3, 0.4) is 0 Å². The van der Waals surface area contributed by atoms with Crippen LogP contribution in [0.5, 0.6) is 0 Å². The van der Waals surface area contributed by atoms with E-state index >= 15 is 0 Å². The number of unbranched alkanes of at least 4 members (excludes halogenated alkanes) is 2. The molecule has 112 valence electrons. The van der Waals surface area contributed by atoms with Crippen LogP contribution in [0, 0.1) is 23.2 Å². The maximum atomic E-state index is 2.60. The molecule has 0 amide bonds. The number of rotatable bonds is 7. The first-order valence-electron chi connectivity index (χ1n) is 8.76.